The van der Waals surface area contributed by atoms with Crippen LogP contribution in [-0.4, -0.2) is 5.11 Å². The molecule has 1 nitrogen and oxygen atoms in total. The van der Waals surface area contributed by atoms with E-state index in [-0.39, 0.29) is 10.8 Å². The second-order valence-electron chi connectivity index (χ2n) is 4.25. The average Bonchev–Trinajstić information content (AvgIpc) is 2.41. The molecule has 0 aliphatic heterocycles. The van der Waals surface area contributed by atoms with E-state index in [4.69, 9.17) is 11.6 Å². The third-order valence-electron chi connectivity index (χ3n) is 2.79. The Balaban J connectivity index is 2.04. The van der Waals surface area contributed by atoms with Crippen molar-refractivity contribution in [2.45, 2.75) is 23.7 Å². The molecule has 0 aromatic heterocycles. The smallest absolute Gasteiger partial charge is 0.145 e. The van der Waals surface area contributed by atoms with Crippen LogP contribution in [0.5, 0.6) is 0 Å². The average molecular weight is 297 g/mol. The van der Waals surface area contributed by atoms with Gasteiger partial charge in [-0.15, -0.1) is 11.8 Å². The van der Waals surface area contributed by atoms with Crippen molar-refractivity contribution in [3.8, 4) is 0 Å². The number of rotatable bonds is 4. The standard InChI is InChI=1S/C15H14ClFOS/c1-10(18)11-5-7-13(8-6-11)19-9-12-3-2-4-14(16)15(12)17/h2-8,10,18H,9H2,1H3. The summed E-state index contributed by atoms with van der Waals surface area (Å²) in [5, 5.41) is 9.57. The van der Waals surface area contributed by atoms with Gasteiger partial charge < -0.3 is 5.11 Å². The number of thioether (sulfide) groups is 1. The fraction of sp³-hybridized carbons (Fsp3) is 0.200. The summed E-state index contributed by atoms with van der Waals surface area (Å²) in [6.07, 6.45) is -0.468. The Morgan fingerprint density at radius 2 is 1.89 bits per heavy atom. The van der Waals surface area contributed by atoms with E-state index in [1.54, 1.807) is 25.1 Å². The lowest BCUT2D eigenvalue weighted by Gasteiger charge is -2.07. The van der Waals surface area contributed by atoms with Gasteiger partial charge in [-0.1, -0.05) is 35.9 Å². The van der Waals surface area contributed by atoms with Crippen molar-refractivity contribution in [1.29, 1.82) is 0 Å². The van der Waals surface area contributed by atoms with Gasteiger partial charge in [0.2, 0.25) is 0 Å². The van der Waals surface area contributed by atoms with Crippen molar-refractivity contribution in [2.24, 2.45) is 0 Å². The quantitative estimate of drug-likeness (QED) is 0.816. The van der Waals surface area contributed by atoms with E-state index in [0.29, 0.717) is 11.3 Å². The minimum atomic E-state index is -0.468. The Labute approximate surface area is 121 Å². The normalized spacial score (nSPS) is 12.4. The molecule has 100 valence electrons. The molecular weight excluding hydrogens is 283 g/mol. The fourth-order valence-corrected chi connectivity index (χ4v) is 2.73. The van der Waals surface area contributed by atoms with E-state index in [1.807, 2.05) is 24.3 Å². The summed E-state index contributed by atoms with van der Waals surface area (Å²) >= 11 is 7.28. The SMILES string of the molecule is CC(O)c1ccc(SCc2cccc(Cl)c2F)cc1. The molecule has 2 aromatic rings. The van der Waals surface area contributed by atoms with Gasteiger partial charge in [0.1, 0.15) is 5.82 Å². The van der Waals surface area contributed by atoms with Crippen LogP contribution in [0.15, 0.2) is 47.4 Å². The molecule has 1 atom stereocenters. The van der Waals surface area contributed by atoms with Gasteiger partial charge in [0.25, 0.3) is 0 Å². The summed E-state index contributed by atoms with van der Waals surface area (Å²) in [5.74, 6) is 0.178. The monoisotopic (exact) mass is 296 g/mol. The lowest BCUT2D eigenvalue weighted by atomic mass is 10.1. The second-order valence-corrected chi connectivity index (χ2v) is 5.70. The Bertz CT molecular complexity index is 555. The van der Waals surface area contributed by atoms with Gasteiger partial charge in [-0.2, -0.15) is 0 Å². The zero-order valence-electron chi connectivity index (χ0n) is 10.4. The van der Waals surface area contributed by atoms with Crippen LogP contribution in [0.4, 0.5) is 4.39 Å². The first-order valence-corrected chi connectivity index (χ1v) is 7.28. The van der Waals surface area contributed by atoms with Crippen molar-refractivity contribution < 1.29 is 9.50 Å². The highest BCUT2D eigenvalue weighted by molar-refractivity contribution is 7.98. The molecule has 0 spiro atoms. The summed E-state index contributed by atoms with van der Waals surface area (Å²) in [6, 6.07) is 12.6. The first-order valence-electron chi connectivity index (χ1n) is 5.91. The molecule has 2 rings (SSSR count). The first-order chi connectivity index (χ1) is 9.08. The summed E-state index contributed by atoms with van der Waals surface area (Å²) in [7, 11) is 0. The lowest BCUT2D eigenvalue weighted by molar-refractivity contribution is 0.199. The highest BCUT2D eigenvalue weighted by Crippen LogP contribution is 2.27. The maximum absolute atomic E-state index is 13.7. The molecule has 2 aromatic carbocycles. The van der Waals surface area contributed by atoms with Gasteiger partial charge in [-0.25, -0.2) is 4.39 Å². The molecule has 0 heterocycles. The number of halogens is 2. The van der Waals surface area contributed by atoms with Gasteiger partial charge >= 0.3 is 0 Å². The molecule has 0 radical (unpaired) electrons. The molecular formula is C15H14ClFOS. The van der Waals surface area contributed by atoms with Crippen LogP contribution in [0.1, 0.15) is 24.2 Å². The van der Waals surface area contributed by atoms with Crippen molar-refractivity contribution in [3.63, 3.8) is 0 Å². The molecule has 4 heteroatoms. The van der Waals surface area contributed by atoms with Crippen molar-refractivity contribution >= 4 is 23.4 Å². The first kappa shape index (κ1) is 14.4. The van der Waals surface area contributed by atoms with E-state index >= 15 is 0 Å². The number of benzene rings is 2. The maximum Gasteiger partial charge on any atom is 0.145 e. The predicted octanol–water partition coefficient (Wildman–Crippen LogP) is 4.82. The molecule has 19 heavy (non-hydrogen) atoms. The number of aliphatic hydroxyl groups is 1. The van der Waals surface area contributed by atoms with Gasteiger partial charge in [0.15, 0.2) is 0 Å². The Morgan fingerprint density at radius 3 is 2.53 bits per heavy atom. The minimum absolute atomic E-state index is 0.155. The van der Waals surface area contributed by atoms with Crippen LogP contribution in [-0.2, 0) is 5.75 Å². The van der Waals surface area contributed by atoms with E-state index in [0.717, 1.165) is 10.5 Å². The fourth-order valence-electron chi connectivity index (χ4n) is 1.66. The highest BCUT2D eigenvalue weighted by atomic mass is 35.5. The lowest BCUT2D eigenvalue weighted by Crippen LogP contribution is -1.90. The largest absolute Gasteiger partial charge is 0.389 e. The summed E-state index contributed by atoms with van der Waals surface area (Å²) in [5.41, 5.74) is 1.47. The number of hydrogen-bond donors (Lipinski definition) is 1. The minimum Gasteiger partial charge on any atom is -0.389 e. The Morgan fingerprint density at radius 1 is 1.21 bits per heavy atom. The van der Waals surface area contributed by atoms with Crippen LogP contribution in [0.25, 0.3) is 0 Å². The van der Waals surface area contributed by atoms with Crippen LogP contribution in [0.2, 0.25) is 5.02 Å². The molecule has 0 aliphatic rings. The summed E-state index contributed by atoms with van der Waals surface area (Å²) in [6.45, 7) is 1.73. The van der Waals surface area contributed by atoms with Gasteiger partial charge in [0.05, 0.1) is 11.1 Å². The zero-order chi connectivity index (χ0) is 13.8. The van der Waals surface area contributed by atoms with Gasteiger partial charge in [-0.05, 0) is 36.2 Å². The van der Waals surface area contributed by atoms with Crippen LogP contribution >= 0.6 is 23.4 Å². The Kier molecular flexibility index (Phi) is 4.86. The molecule has 0 bridgehead atoms. The third-order valence-corrected chi connectivity index (χ3v) is 4.14. The highest BCUT2D eigenvalue weighted by Gasteiger charge is 2.07. The van der Waals surface area contributed by atoms with Crippen LogP contribution in [0.3, 0.4) is 0 Å². The second kappa shape index (κ2) is 6.42. The molecule has 1 N–H and O–H groups in total. The van der Waals surface area contributed by atoms with E-state index in [9.17, 15) is 9.50 Å². The van der Waals surface area contributed by atoms with Crippen molar-refractivity contribution in [2.75, 3.05) is 0 Å². The third kappa shape index (κ3) is 3.72. The van der Waals surface area contributed by atoms with Crippen molar-refractivity contribution in [3.05, 3.63) is 64.4 Å². The Hall–Kier alpha value is -1.03. The van der Waals surface area contributed by atoms with Crippen LogP contribution in [0, 0.1) is 5.82 Å². The van der Waals surface area contributed by atoms with E-state index in [1.165, 1.54) is 11.8 Å². The van der Waals surface area contributed by atoms with Crippen LogP contribution < -0.4 is 0 Å². The van der Waals surface area contributed by atoms with E-state index in [2.05, 4.69) is 0 Å². The predicted molar refractivity (Wildman–Crippen MR) is 78.0 cm³/mol. The number of aliphatic hydroxyl groups excluding tert-OH is 1. The van der Waals surface area contributed by atoms with Gasteiger partial charge in [0, 0.05) is 10.6 Å². The van der Waals surface area contributed by atoms with Gasteiger partial charge in [-0.3, -0.25) is 0 Å². The molecule has 0 amide bonds. The molecule has 0 fully saturated rings. The molecule has 0 saturated heterocycles. The van der Waals surface area contributed by atoms with E-state index < -0.39 is 6.10 Å². The molecule has 0 aliphatic carbocycles. The molecule has 1 unspecified atom stereocenters. The maximum atomic E-state index is 13.7. The van der Waals surface area contributed by atoms with Crippen molar-refractivity contribution in [1.82, 2.24) is 0 Å². The molecule has 0 saturated carbocycles. The number of hydrogen-bond acceptors (Lipinski definition) is 2. The topological polar surface area (TPSA) is 20.2 Å². The summed E-state index contributed by atoms with van der Waals surface area (Å²) < 4.78 is 13.7. The zero-order valence-corrected chi connectivity index (χ0v) is 12.0. The summed E-state index contributed by atoms with van der Waals surface area (Å²) in [4.78, 5) is 1.03.